The highest BCUT2D eigenvalue weighted by Gasteiger charge is 2.06. The summed E-state index contributed by atoms with van der Waals surface area (Å²) in [5.74, 6) is 0. The van der Waals surface area contributed by atoms with Crippen molar-refractivity contribution in [3.63, 3.8) is 0 Å². The van der Waals surface area contributed by atoms with Gasteiger partial charge in [0.15, 0.2) is 0 Å². The SMILES string of the molecule is Cc1c(Br)sc(CN)c1C. The van der Waals surface area contributed by atoms with Gasteiger partial charge >= 0.3 is 0 Å². The molecule has 10 heavy (non-hydrogen) atoms. The van der Waals surface area contributed by atoms with Crippen LogP contribution in [-0.2, 0) is 6.54 Å². The molecule has 56 valence electrons. The standard InChI is InChI=1S/C7H10BrNS/c1-4-5(2)7(8)10-6(4)3-9/h3,9H2,1-2H3. The smallest absolute Gasteiger partial charge is 0.0733 e. The summed E-state index contributed by atoms with van der Waals surface area (Å²) in [6, 6.07) is 0. The Morgan fingerprint density at radius 3 is 2.20 bits per heavy atom. The summed E-state index contributed by atoms with van der Waals surface area (Å²) in [5, 5.41) is 0. The maximum atomic E-state index is 5.52. The summed E-state index contributed by atoms with van der Waals surface area (Å²) in [6.07, 6.45) is 0. The first-order valence-corrected chi connectivity index (χ1v) is 4.72. The van der Waals surface area contributed by atoms with E-state index in [0.29, 0.717) is 6.54 Å². The van der Waals surface area contributed by atoms with Crippen molar-refractivity contribution in [2.75, 3.05) is 0 Å². The van der Waals surface area contributed by atoms with E-state index < -0.39 is 0 Å². The monoisotopic (exact) mass is 219 g/mol. The molecule has 0 aliphatic carbocycles. The molecule has 0 bridgehead atoms. The minimum absolute atomic E-state index is 0.656. The summed E-state index contributed by atoms with van der Waals surface area (Å²) in [5.41, 5.74) is 8.18. The van der Waals surface area contributed by atoms with Gasteiger partial charge in [0.25, 0.3) is 0 Å². The van der Waals surface area contributed by atoms with Gasteiger partial charge in [0.05, 0.1) is 3.79 Å². The molecule has 0 aromatic carbocycles. The first kappa shape index (κ1) is 8.24. The van der Waals surface area contributed by atoms with E-state index in [1.165, 1.54) is 19.8 Å². The van der Waals surface area contributed by atoms with Gasteiger partial charge in [-0.3, -0.25) is 0 Å². The summed E-state index contributed by atoms with van der Waals surface area (Å²) in [4.78, 5) is 1.28. The van der Waals surface area contributed by atoms with Gasteiger partial charge in [-0.15, -0.1) is 11.3 Å². The number of halogens is 1. The zero-order valence-electron chi connectivity index (χ0n) is 6.07. The van der Waals surface area contributed by atoms with Crippen molar-refractivity contribution in [2.24, 2.45) is 5.73 Å². The Bertz CT molecular complexity index is 242. The van der Waals surface area contributed by atoms with Crippen LogP contribution in [0.1, 0.15) is 16.0 Å². The van der Waals surface area contributed by atoms with Crippen molar-refractivity contribution in [1.29, 1.82) is 0 Å². The molecule has 0 radical (unpaired) electrons. The van der Waals surface area contributed by atoms with Crippen LogP contribution in [0.25, 0.3) is 0 Å². The van der Waals surface area contributed by atoms with E-state index in [1.54, 1.807) is 11.3 Å². The molecule has 2 N–H and O–H groups in total. The topological polar surface area (TPSA) is 26.0 Å². The van der Waals surface area contributed by atoms with Gasteiger partial charge in [0.1, 0.15) is 0 Å². The highest BCUT2D eigenvalue weighted by atomic mass is 79.9. The van der Waals surface area contributed by atoms with E-state index >= 15 is 0 Å². The lowest BCUT2D eigenvalue weighted by molar-refractivity contribution is 1.08. The second-order valence-electron chi connectivity index (χ2n) is 2.25. The third-order valence-electron chi connectivity index (χ3n) is 1.67. The van der Waals surface area contributed by atoms with E-state index in [4.69, 9.17) is 5.73 Å². The Hall–Kier alpha value is 0.140. The van der Waals surface area contributed by atoms with Gasteiger partial charge in [-0.25, -0.2) is 0 Å². The number of rotatable bonds is 1. The lowest BCUT2D eigenvalue weighted by Crippen LogP contribution is -1.94. The zero-order valence-corrected chi connectivity index (χ0v) is 8.47. The van der Waals surface area contributed by atoms with E-state index in [9.17, 15) is 0 Å². The predicted octanol–water partition coefficient (Wildman–Crippen LogP) is 2.59. The fourth-order valence-corrected chi connectivity index (χ4v) is 2.61. The second-order valence-corrected chi connectivity index (χ2v) is 4.68. The molecule has 3 heteroatoms. The van der Waals surface area contributed by atoms with Crippen molar-refractivity contribution in [3.05, 3.63) is 19.8 Å². The molecule has 1 aromatic rings. The lowest BCUT2D eigenvalue weighted by Gasteiger charge is -1.91. The fraction of sp³-hybridized carbons (Fsp3) is 0.429. The Labute approximate surface area is 73.4 Å². The lowest BCUT2D eigenvalue weighted by atomic mass is 10.2. The summed E-state index contributed by atoms with van der Waals surface area (Å²) in [7, 11) is 0. The predicted molar refractivity (Wildman–Crippen MR) is 49.4 cm³/mol. The summed E-state index contributed by atoms with van der Waals surface area (Å²) in [6.45, 7) is 4.87. The molecule has 0 saturated heterocycles. The van der Waals surface area contributed by atoms with Crippen molar-refractivity contribution in [3.8, 4) is 0 Å². The molecular weight excluding hydrogens is 210 g/mol. The van der Waals surface area contributed by atoms with Crippen LogP contribution < -0.4 is 5.73 Å². The number of thiophene rings is 1. The Morgan fingerprint density at radius 2 is 2.00 bits per heavy atom. The van der Waals surface area contributed by atoms with Crippen LogP contribution in [0.4, 0.5) is 0 Å². The maximum Gasteiger partial charge on any atom is 0.0733 e. The average Bonchev–Trinajstić information content (AvgIpc) is 2.17. The first-order valence-electron chi connectivity index (χ1n) is 3.11. The van der Waals surface area contributed by atoms with E-state index in [0.717, 1.165) is 0 Å². The molecule has 0 fully saturated rings. The molecule has 1 rings (SSSR count). The molecule has 0 aliphatic heterocycles. The Balaban J connectivity index is 3.17. The van der Waals surface area contributed by atoms with Crippen molar-refractivity contribution >= 4 is 27.3 Å². The van der Waals surface area contributed by atoms with Crippen LogP contribution in [0.15, 0.2) is 3.79 Å². The summed E-state index contributed by atoms with van der Waals surface area (Å²) >= 11 is 5.20. The molecule has 1 nitrogen and oxygen atoms in total. The fourth-order valence-electron chi connectivity index (χ4n) is 0.813. The first-order chi connectivity index (χ1) is 4.66. The molecule has 0 aliphatic rings. The van der Waals surface area contributed by atoms with Gasteiger partial charge in [-0.05, 0) is 40.9 Å². The van der Waals surface area contributed by atoms with Crippen LogP contribution >= 0.6 is 27.3 Å². The van der Waals surface area contributed by atoms with Crippen LogP contribution in [0, 0.1) is 13.8 Å². The highest BCUT2D eigenvalue weighted by Crippen LogP contribution is 2.31. The third kappa shape index (κ3) is 1.26. The van der Waals surface area contributed by atoms with Crippen molar-refractivity contribution < 1.29 is 0 Å². The largest absolute Gasteiger partial charge is 0.326 e. The number of nitrogens with two attached hydrogens (primary N) is 1. The van der Waals surface area contributed by atoms with E-state index in [1.807, 2.05) is 0 Å². The van der Waals surface area contributed by atoms with Crippen LogP contribution in [-0.4, -0.2) is 0 Å². The third-order valence-corrected chi connectivity index (χ3v) is 3.96. The molecule has 0 atom stereocenters. The van der Waals surface area contributed by atoms with Crippen LogP contribution in [0.5, 0.6) is 0 Å². The van der Waals surface area contributed by atoms with Crippen molar-refractivity contribution in [1.82, 2.24) is 0 Å². The molecular formula is C7H10BrNS. The van der Waals surface area contributed by atoms with Crippen molar-refractivity contribution in [2.45, 2.75) is 20.4 Å². The molecule has 1 heterocycles. The van der Waals surface area contributed by atoms with Gasteiger partial charge in [0, 0.05) is 11.4 Å². The molecule has 0 unspecified atom stereocenters. The van der Waals surface area contributed by atoms with E-state index in [-0.39, 0.29) is 0 Å². The van der Waals surface area contributed by atoms with Gasteiger partial charge in [-0.2, -0.15) is 0 Å². The van der Waals surface area contributed by atoms with E-state index in [2.05, 4.69) is 29.8 Å². The van der Waals surface area contributed by atoms with Crippen LogP contribution in [0.3, 0.4) is 0 Å². The minimum atomic E-state index is 0.656. The van der Waals surface area contributed by atoms with Crippen LogP contribution in [0.2, 0.25) is 0 Å². The maximum absolute atomic E-state index is 5.52. The molecule has 0 spiro atoms. The zero-order chi connectivity index (χ0) is 7.72. The quantitative estimate of drug-likeness (QED) is 0.773. The minimum Gasteiger partial charge on any atom is -0.326 e. The number of hydrogen-bond acceptors (Lipinski definition) is 2. The normalized spacial score (nSPS) is 10.4. The van der Waals surface area contributed by atoms with Gasteiger partial charge < -0.3 is 5.73 Å². The molecule has 0 amide bonds. The average molecular weight is 220 g/mol. The van der Waals surface area contributed by atoms with Gasteiger partial charge in [-0.1, -0.05) is 0 Å². The molecule has 0 saturated carbocycles. The second kappa shape index (κ2) is 3.03. The highest BCUT2D eigenvalue weighted by molar-refractivity contribution is 9.11. The Morgan fingerprint density at radius 1 is 1.40 bits per heavy atom. The summed E-state index contributed by atoms with van der Waals surface area (Å²) < 4.78 is 1.21. The number of hydrogen-bond donors (Lipinski definition) is 1. The Kier molecular flexibility index (Phi) is 2.50. The molecule has 1 aromatic heterocycles. The van der Waals surface area contributed by atoms with Gasteiger partial charge in [0.2, 0.25) is 0 Å².